The average Bonchev–Trinajstić information content (AvgIpc) is 2.78. The van der Waals surface area contributed by atoms with Crippen LogP contribution in [0.15, 0.2) is 18.3 Å². The fourth-order valence-corrected chi connectivity index (χ4v) is 4.00. The van der Waals surface area contributed by atoms with Gasteiger partial charge in [-0.1, -0.05) is 0 Å². The van der Waals surface area contributed by atoms with E-state index in [2.05, 4.69) is 4.98 Å². The number of carbonyl (C=O) groups is 1. The summed E-state index contributed by atoms with van der Waals surface area (Å²) in [6, 6.07) is 2.96. The predicted molar refractivity (Wildman–Crippen MR) is 87.0 cm³/mol. The molecular weight excluding hydrogens is 311 g/mol. The van der Waals surface area contributed by atoms with Crippen molar-refractivity contribution in [3.05, 3.63) is 29.8 Å². The molecular formula is C18H25FN2O3. The smallest absolute Gasteiger partial charge is 0.410 e. The molecule has 0 spiro atoms. The molecule has 1 aromatic heterocycles. The minimum absolute atomic E-state index is 0.0139. The van der Waals surface area contributed by atoms with Crippen molar-refractivity contribution in [1.29, 1.82) is 0 Å². The third-order valence-corrected chi connectivity index (χ3v) is 4.94. The van der Waals surface area contributed by atoms with Crippen LogP contribution in [0, 0.1) is 5.82 Å². The summed E-state index contributed by atoms with van der Waals surface area (Å²) in [4.78, 5) is 18.6. The summed E-state index contributed by atoms with van der Waals surface area (Å²) >= 11 is 0. The third-order valence-electron chi connectivity index (χ3n) is 4.94. The van der Waals surface area contributed by atoms with Crippen LogP contribution < -0.4 is 0 Å². The van der Waals surface area contributed by atoms with Gasteiger partial charge < -0.3 is 14.4 Å². The van der Waals surface area contributed by atoms with Crippen LogP contribution >= 0.6 is 0 Å². The first-order valence-electron chi connectivity index (χ1n) is 8.43. The van der Waals surface area contributed by atoms with E-state index in [1.807, 2.05) is 25.7 Å². The number of methoxy groups -OCH3 is 1. The van der Waals surface area contributed by atoms with Crippen LogP contribution in [0.4, 0.5) is 9.18 Å². The lowest BCUT2D eigenvalue weighted by Crippen LogP contribution is -2.54. The van der Waals surface area contributed by atoms with Crippen LogP contribution in [0.25, 0.3) is 0 Å². The molecule has 2 saturated heterocycles. The monoisotopic (exact) mass is 336 g/mol. The predicted octanol–water partition coefficient (Wildman–Crippen LogP) is 3.62. The van der Waals surface area contributed by atoms with E-state index in [1.165, 1.54) is 6.07 Å². The number of hydrogen-bond acceptors (Lipinski definition) is 4. The molecule has 2 unspecified atom stereocenters. The van der Waals surface area contributed by atoms with Crippen LogP contribution in [-0.4, -0.2) is 40.8 Å². The van der Waals surface area contributed by atoms with E-state index in [0.717, 1.165) is 12.8 Å². The van der Waals surface area contributed by atoms with Crippen LogP contribution in [0.1, 0.15) is 52.1 Å². The number of ether oxygens (including phenoxy) is 2. The third kappa shape index (κ3) is 2.99. The number of fused-ring (bicyclic) bond motifs is 2. The Balaban J connectivity index is 1.86. The Bertz CT molecular complexity index is 615. The number of pyridine rings is 1. The second-order valence-corrected chi connectivity index (χ2v) is 7.71. The Morgan fingerprint density at radius 1 is 1.33 bits per heavy atom. The summed E-state index contributed by atoms with van der Waals surface area (Å²) in [6.45, 7) is 5.58. The molecule has 3 heterocycles. The van der Waals surface area contributed by atoms with Crippen LogP contribution in [0.5, 0.6) is 0 Å². The summed E-state index contributed by atoms with van der Waals surface area (Å²) in [5, 5.41) is 0. The van der Waals surface area contributed by atoms with E-state index in [9.17, 15) is 9.18 Å². The lowest BCUT2D eigenvalue weighted by atomic mass is 9.82. The standard InChI is InChI=1S/C18H25FN2O3/c1-17(2,3)24-16(22)21-12-7-8-13(21)11-18(10-12,23-4)15-14(19)6-5-9-20-15/h5-6,9,12-13H,7-8,10-11H2,1-4H3. The summed E-state index contributed by atoms with van der Waals surface area (Å²) in [5.41, 5.74) is -0.969. The highest BCUT2D eigenvalue weighted by atomic mass is 19.1. The van der Waals surface area contributed by atoms with Gasteiger partial charge in [-0.25, -0.2) is 9.18 Å². The first-order chi connectivity index (χ1) is 11.3. The van der Waals surface area contributed by atoms with Crippen LogP contribution in [-0.2, 0) is 15.1 Å². The summed E-state index contributed by atoms with van der Waals surface area (Å²) in [7, 11) is 1.59. The van der Waals surface area contributed by atoms with Crippen molar-refractivity contribution < 1.29 is 18.7 Å². The lowest BCUT2D eigenvalue weighted by molar-refractivity contribution is -0.0919. The molecule has 1 amide bonds. The SMILES string of the molecule is COC1(c2ncccc2F)CC2CCC(C1)N2C(=O)OC(C)(C)C. The van der Waals surface area contributed by atoms with Crippen molar-refractivity contribution >= 4 is 6.09 Å². The summed E-state index contributed by atoms with van der Waals surface area (Å²) in [6.07, 6.45) is 4.12. The van der Waals surface area contributed by atoms with Crippen molar-refractivity contribution in [2.75, 3.05) is 7.11 Å². The molecule has 132 valence electrons. The van der Waals surface area contributed by atoms with Crippen molar-refractivity contribution in [2.24, 2.45) is 0 Å². The van der Waals surface area contributed by atoms with Gasteiger partial charge in [-0.2, -0.15) is 0 Å². The number of hydrogen-bond donors (Lipinski definition) is 0. The summed E-state index contributed by atoms with van der Waals surface area (Å²) in [5.74, 6) is -0.357. The molecule has 0 aromatic carbocycles. The zero-order chi connectivity index (χ0) is 17.5. The second kappa shape index (κ2) is 5.99. The van der Waals surface area contributed by atoms with Crippen molar-refractivity contribution in [3.8, 4) is 0 Å². The normalized spacial score (nSPS) is 29.6. The molecule has 2 atom stereocenters. The van der Waals surface area contributed by atoms with Gasteiger partial charge in [0.25, 0.3) is 0 Å². The van der Waals surface area contributed by atoms with Crippen molar-refractivity contribution in [2.45, 2.75) is 69.7 Å². The Morgan fingerprint density at radius 3 is 2.46 bits per heavy atom. The maximum atomic E-state index is 14.3. The fraction of sp³-hybridized carbons (Fsp3) is 0.667. The van der Waals surface area contributed by atoms with Gasteiger partial charge in [0, 0.05) is 38.2 Å². The second-order valence-electron chi connectivity index (χ2n) is 7.71. The molecule has 2 fully saturated rings. The number of carbonyl (C=O) groups excluding carboxylic acids is 1. The van der Waals surface area contributed by atoms with Gasteiger partial charge in [0.2, 0.25) is 0 Å². The maximum Gasteiger partial charge on any atom is 0.410 e. The number of rotatable bonds is 2. The van der Waals surface area contributed by atoms with E-state index in [0.29, 0.717) is 18.5 Å². The highest BCUT2D eigenvalue weighted by Crippen LogP contribution is 2.48. The molecule has 0 radical (unpaired) electrons. The number of amides is 1. The van der Waals surface area contributed by atoms with E-state index in [-0.39, 0.29) is 24.0 Å². The van der Waals surface area contributed by atoms with E-state index in [1.54, 1.807) is 19.4 Å². The molecule has 2 bridgehead atoms. The van der Waals surface area contributed by atoms with Crippen molar-refractivity contribution in [3.63, 3.8) is 0 Å². The molecule has 0 N–H and O–H groups in total. The van der Waals surface area contributed by atoms with E-state index < -0.39 is 11.2 Å². The van der Waals surface area contributed by atoms with Crippen LogP contribution in [0.2, 0.25) is 0 Å². The average molecular weight is 336 g/mol. The number of nitrogens with zero attached hydrogens (tertiary/aromatic N) is 2. The molecule has 0 saturated carbocycles. The van der Waals surface area contributed by atoms with Crippen molar-refractivity contribution in [1.82, 2.24) is 9.88 Å². The fourth-order valence-electron chi connectivity index (χ4n) is 4.00. The molecule has 24 heavy (non-hydrogen) atoms. The minimum Gasteiger partial charge on any atom is -0.444 e. The lowest BCUT2D eigenvalue weighted by Gasteiger charge is -2.45. The highest BCUT2D eigenvalue weighted by Gasteiger charge is 2.53. The molecule has 1 aromatic rings. The van der Waals surface area contributed by atoms with Gasteiger partial charge in [-0.15, -0.1) is 0 Å². The quantitative estimate of drug-likeness (QED) is 0.828. The maximum absolute atomic E-state index is 14.3. The Morgan fingerprint density at radius 2 is 1.96 bits per heavy atom. The Kier molecular flexibility index (Phi) is 4.28. The zero-order valence-electron chi connectivity index (χ0n) is 14.7. The molecule has 2 aliphatic heterocycles. The molecule has 0 aliphatic carbocycles. The number of aromatic nitrogens is 1. The molecule has 2 aliphatic rings. The van der Waals surface area contributed by atoms with E-state index >= 15 is 0 Å². The Hall–Kier alpha value is -1.69. The van der Waals surface area contributed by atoms with Gasteiger partial charge in [0.15, 0.2) is 0 Å². The molecule has 3 rings (SSSR count). The van der Waals surface area contributed by atoms with Gasteiger partial charge in [-0.05, 0) is 45.7 Å². The topological polar surface area (TPSA) is 51.7 Å². The molecule has 6 heteroatoms. The van der Waals surface area contributed by atoms with E-state index in [4.69, 9.17) is 9.47 Å². The van der Waals surface area contributed by atoms with Gasteiger partial charge in [0.05, 0.1) is 0 Å². The van der Waals surface area contributed by atoms with Gasteiger partial charge in [-0.3, -0.25) is 4.98 Å². The summed E-state index contributed by atoms with van der Waals surface area (Å²) < 4.78 is 25.6. The molecule has 5 nitrogen and oxygen atoms in total. The van der Waals surface area contributed by atoms with Gasteiger partial charge in [0.1, 0.15) is 22.7 Å². The number of halogens is 1. The van der Waals surface area contributed by atoms with Gasteiger partial charge >= 0.3 is 6.09 Å². The Labute approximate surface area is 142 Å². The largest absolute Gasteiger partial charge is 0.444 e. The zero-order valence-corrected chi connectivity index (χ0v) is 14.7. The minimum atomic E-state index is -0.782. The number of piperidine rings is 1. The highest BCUT2D eigenvalue weighted by molar-refractivity contribution is 5.69. The first-order valence-corrected chi connectivity index (χ1v) is 8.43. The first kappa shape index (κ1) is 17.1. The van der Waals surface area contributed by atoms with Crippen LogP contribution in [0.3, 0.4) is 0 Å².